The molecule has 0 saturated carbocycles. The van der Waals surface area contributed by atoms with Crippen LogP contribution in [0.2, 0.25) is 5.02 Å². The van der Waals surface area contributed by atoms with E-state index in [2.05, 4.69) is 5.32 Å². The van der Waals surface area contributed by atoms with Gasteiger partial charge in [0.2, 0.25) is 0 Å². The second-order valence-corrected chi connectivity index (χ2v) is 4.80. The summed E-state index contributed by atoms with van der Waals surface area (Å²) >= 11 is 5.92. The summed E-state index contributed by atoms with van der Waals surface area (Å²) in [6.07, 6.45) is 0.170. The molecule has 2 aromatic rings. The second kappa shape index (κ2) is 6.29. The molecule has 0 aliphatic carbocycles. The van der Waals surface area contributed by atoms with E-state index in [9.17, 15) is 13.2 Å². The number of nitrogens with one attached hydrogen (secondary N) is 1. The third-order valence-electron chi connectivity index (χ3n) is 3.14. The molecule has 0 fully saturated rings. The molecule has 0 aliphatic heterocycles. The minimum atomic E-state index is -0.538. The van der Waals surface area contributed by atoms with Crippen LogP contribution in [0.1, 0.15) is 17.2 Å². The van der Waals surface area contributed by atoms with Gasteiger partial charge in [0.05, 0.1) is 5.02 Å². The van der Waals surface area contributed by atoms with Gasteiger partial charge in [0.15, 0.2) is 0 Å². The van der Waals surface area contributed by atoms with Crippen LogP contribution in [-0.4, -0.2) is 7.05 Å². The first-order chi connectivity index (χ1) is 9.52. The molecule has 1 nitrogen and oxygen atoms in total. The van der Waals surface area contributed by atoms with Crippen LogP contribution in [0.15, 0.2) is 36.4 Å². The van der Waals surface area contributed by atoms with Gasteiger partial charge in [-0.15, -0.1) is 0 Å². The Bertz CT molecular complexity index is 616. The van der Waals surface area contributed by atoms with Crippen molar-refractivity contribution in [1.29, 1.82) is 0 Å². The maximum absolute atomic E-state index is 13.7. The van der Waals surface area contributed by atoms with Crippen LogP contribution in [0.4, 0.5) is 13.2 Å². The van der Waals surface area contributed by atoms with Gasteiger partial charge in [-0.3, -0.25) is 0 Å². The molecule has 1 unspecified atom stereocenters. The fourth-order valence-electron chi connectivity index (χ4n) is 2.08. The summed E-state index contributed by atoms with van der Waals surface area (Å²) in [5.41, 5.74) is 0.725. The van der Waals surface area contributed by atoms with Gasteiger partial charge in [0.1, 0.15) is 17.5 Å². The van der Waals surface area contributed by atoms with Crippen molar-refractivity contribution >= 4 is 11.6 Å². The van der Waals surface area contributed by atoms with Crippen molar-refractivity contribution < 1.29 is 13.2 Å². The molecule has 1 atom stereocenters. The first kappa shape index (κ1) is 14.9. The Balaban J connectivity index is 2.34. The van der Waals surface area contributed by atoms with Gasteiger partial charge >= 0.3 is 0 Å². The van der Waals surface area contributed by atoms with E-state index >= 15 is 0 Å². The van der Waals surface area contributed by atoms with E-state index in [0.717, 1.165) is 18.2 Å². The lowest BCUT2D eigenvalue weighted by Crippen LogP contribution is -2.20. The summed E-state index contributed by atoms with van der Waals surface area (Å²) in [6.45, 7) is 0. The molecule has 106 valence electrons. The van der Waals surface area contributed by atoms with Crippen molar-refractivity contribution in [1.82, 2.24) is 5.32 Å². The van der Waals surface area contributed by atoms with E-state index < -0.39 is 23.5 Å². The lowest BCUT2D eigenvalue weighted by molar-refractivity contribution is 0.540. The topological polar surface area (TPSA) is 12.0 Å². The zero-order valence-electron chi connectivity index (χ0n) is 10.8. The first-order valence-corrected chi connectivity index (χ1v) is 6.46. The Morgan fingerprint density at radius 3 is 2.55 bits per heavy atom. The van der Waals surface area contributed by atoms with Crippen LogP contribution in [0.3, 0.4) is 0 Å². The number of benzene rings is 2. The smallest absolute Gasteiger partial charge is 0.142 e. The number of halogens is 4. The first-order valence-electron chi connectivity index (χ1n) is 6.08. The minimum absolute atomic E-state index is 0.0105. The Morgan fingerprint density at radius 1 is 1.10 bits per heavy atom. The number of likely N-dealkylation sites (N-methyl/N-ethyl adjacent to an activating group) is 1. The Hall–Kier alpha value is -1.52. The van der Waals surface area contributed by atoms with Gasteiger partial charge in [0.25, 0.3) is 0 Å². The molecule has 0 radical (unpaired) electrons. The van der Waals surface area contributed by atoms with Gasteiger partial charge in [-0.1, -0.05) is 23.7 Å². The van der Waals surface area contributed by atoms with Crippen LogP contribution >= 0.6 is 11.6 Å². The molecular formula is C15H13ClF3N. The van der Waals surface area contributed by atoms with Crippen LogP contribution in [0.5, 0.6) is 0 Å². The van der Waals surface area contributed by atoms with E-state index in [1.807, 2.05) is 0 Å². The largest absolute Gasteiger partial charge is 0.313 e. The van der Waals surface area contributed by atoms with Crippen LogP contribution in [0.25, 0.3) is 0 Å². The predicted octanol–water partition coefficient (Wildman–Crippen LogP) is 4.26. The third kappa shape index (κ3) is 3.14. The van der Waals surface area contributed by atoms with E-state index in [1.165, 1.54) is 12.1 Å². The SMILES string of the molecule is CNC(Cc1cc(F)ccc1F)c1cccc(F)c1Cl. The van der Waals surface area contributed by atoms with Crippen molar-refractivity contribution in [3.05, 3.63) is 70.0 Å². The Morgan fingerprint density at radius 2 is 1.85 bits per heavy atom. The fraction of sp³-hybridized carbons (Fsp3) is 0.200. The molecule has 2 aromatic carbocycles. The molecule has 0 amide bonds. The average Bonchev–Trinajstić information content (AvgIpc) is 2.43. The summed E-state index contributed by atoms with van der Waals surface area (Å²) in [6, 6.07) is 7.29. The maximum atomic E-state index is 13.7. The molecule has 0 heterocycles. The number of hydrogen-bond donors (Lipinski definition) is 1. The summed E-state index contributed by atoms with van der Waals surface area (Å²) in [4.78, 5) is 0. The highest BCUT2D eigenvalue weighted by Crippen LogP contribution is 2.28. The van der Waals surface area contributed by atoms with Gasteiger partial charge in [-0.25, -0.2) is 13.2 Å². The summed E-state index contributed by atoms with van der Waals surface area (Å²) < 4.78 is 40.3. The molecule has 0 aliphatic rings. The van der Waals surface area contributed by atoms with Gasteiger partial charge < -0.3 is 5.32 Å². The van der Waals surface area contributed by atoms with Gasteiger partial charge in [-0.2, -0.15) is 0 Å². The second-order valence-electron chi connectivity index (χ2n) is 4.42. The standard InChI is InChI=1S/C15H13ClF3N/c1-20-14(11-3-2-4-13(19)15(11)16)8-9-7-10(17)5-6-12(9)18/h2-7,14,20H,8H2,1H3. The average molecular weight is 300 g/mol. The van der Waals surface area contributed by atoms with E-state index in [1.54, 1.807) is 13.1 Å². The Labute approximate surface area is 120 Å². The lowest BCUT2D eigenvalue weighted by atomic mass is 9.98. The maximum Gasteiger partial charge on any atom is 0.142 e. The summed E-state index contributed by atoms with van der Waals surface area (Å²) in [5, 5.41) is 2.93. The summed E-state index contributed by atoms with van der Waals surface area (Å²) in [7, 11) is 1.66. The molecule has 0 aromatic heterocycles. The molecule has 0 saturated heterocycles. The van der Waals surface area contributed by atoms with E-state index in [4.69, 9.17) is 11.6 Å². The van der Waals surface area contributed by atoms with Crippen LogP contribution in [0, 0.1) is 17.5 Å². The molecular weight excluding hydrogens is 287 g/mol. The third-order valence-corrected chi connectivity index (χ3v) is 3.54. The fourth-order valence-corrected chi connectivity index (χ4v) is 2.33. The quantitative estimate of drug-likeness (QED) is 0.889. The monoisotopic (exact) mass is 299 g/mol. The van der Waals surface area contributed by atoms with Crippen LogP contribution in [-0.2, 0) is 6.42 Å². The number of hydrogen-bond acceptors (Lipinski definition) is 1. The molecule has 20 heavy (non-hydrogen) atoms. The normalized spacial score (nSPS) is 12.4. The van der Waals surface area contributed by atoms with Crippen LogP contribution < -0.4 is 5.32 Å². The molecule has 0 spiro atoms. The van der Waals surface area contributed by atoms with Gasteiger partial charge in [0, 0.05) is 6.04 Å². The van der Waals surface area contributed by atoms with Crippen molar-refractivity contribution in [3.63, 3.8) is 0 Å². The minimum Gasteiger partial charge on any atom is -0.313 e. The number of rotatable bonds is 4. The van der Waals surface area contributed by atoms with Gasteiger partial charge in [-0.05, 0) is 48.9 Å². The van der Waals surface area contributed by atoms with Crippen molar-refractivity contribution in [2.45, 2.75) is 12.5 Å². The highest BCUT2D eigenvalue weighted by Gasteiger charge is 2.17. The lowest BCUT2D eigenvalue weighted by Gasteiger charge is -2.18. The Kier molecular flexibility index (Phi) is 4.68. The highest BCUT2D eigenvalue weighted by atomic mass is 35.5. The van der Waals surface area contributed by atoms with Crippen molar-refractivity contribution in [3.8, 4) is 0 Å². The van der Waals surface area contributed by atoms with E-state index in [-0.39, 0.29) is 17.0 Å². The molecule has 5 heteroatoms. The highest BCUT2D eigenvalue weighted by molar-refractivity contribution is 6.31. The van der Waals surface area contributed by atoms with Crippen molar-refractivity contribution in [2.24, 2.45) is 0 Å². The molecule has 2 rings (SSSR count). The zero-order valence-corrected chi connectivity index (χ0v) is 11.5. The summed E-state index contributed by atoms with van der Waals surface area (Å²) in [5.74, 6) is -1.55. The molecule has 0 bridgehead atoms. The predicted molar refractivity (Wildman–Crippen MR) is 73.3 cm³/mol. The molecule has 1 N–H and O–H groups in total. The van der Waals surface area contributed by atoms with E-state index in [0.29, 0.717) is 5.56 Å². The van der Waals surface area contributed by atoms with Crippen molar-refractivity contribution in [2.75, 3.05) is 7.05 Å². The zero-order chi connectivity index (χ0) is 14.7.